The predicted molar refractivity (Wildman–Crippen MR) is 143 cm³/mol. The molecule has 0 atom stereocenters. The molecule has 0 aliphatic carbocycles. The highest BCUT2D eigenvalue weighted by Gasteiger charge is 2.18. The van der Waals surface area contributed by atoms with Crippen LogP contribution in [0.25, 0.3) is 11.1 Å². The summed E-state index contributed by atoms with van der Waals surface area (Å²) in [5.74, 6) is -0.270. The van der Waals surface area contributed by atoms with Crippen molar-refractivity contribution in [3.63, 3.8) is 0 Å². The zero-order chi connectivity index (χ0) is 25.9. The molecule has 1 aliphatic heterocycles. The quantitative estimate of drug-likeness (QED) is 0.394. The van der Waals surface area contributed by atoms with Gasteiger partial charge in [-0.15, -0.1) is 0 Å². The molecule has 0 radical (unpaired) electrons. The maximum Gasteiger partial charge on any atom is 0.228 e. The molecule has 0 bridgehead atoms. The van der Waals surface area contributed by atoms with Gasteiger partial charge in [-0.1, -0.05) is 54.4 Å². The number of nitriles is 1. The minimum Gasteiger partial charge on any atom is -0.326 e. The van der Waals surface area contributed by atoms with E-state index >= 15 is 0 Å². The van der Waals surface area contributed by atoms with Gasteiger partial charge in [-0.25, -0.2) is 8.42 Å². The summed E-state index contributed by atoms with van der Waals surface area (Å²) in [6.07, 6.45) is 1.25. The molecule has 9 heteroatoms. The van der Waals surface area contributed by atoms with E-state index in [1.165, 1.54) is 18.6 Å². The van der Waals surface area contributed by atoms with Crippen molar-refractivity contribution in [3.8, 4) is 17.2 Å². The molecule has 0 saturated carbocycles. The first-order chi connectivity index (χ1) is 17.2. The molecule has 4 rings (SSSR count). The first-order valence-electron chi connectivity index (χ1n) is 11.6. The molecule has 0 aromatic heterocycles. The Morgan fingerprint density at radius 3 is 2.28 bits per heavy atom. The van der Waals surface area contributed by atoms with E-state index in [0.717, 1.165) is 30.8 Å². The van der Waals surface area contributed by atoms with Gasteiger partial charge in [0.05, 0.1) is 38.7 Å². The fraction of sp³-hybridized carbons (Fsp3) is 0.259. The number of benzene rings is 3. The molecule has 186 valence electrons. The lowest BCUT2D eigenvalue weighted by Gasteiger charge is -2.31. The van der Waals surface area contributed by atoms with Crippen LogP contribution in [-0.4, -0.2) is 38.1 Å². The van der Waals surface area contributed by atoms with Crippen LogP contribution in [0.1, 0.15) is 30.0 Å². The Morgan fingerprint density at radius 2 is 1.72 bits per heavy atom. The molecular weight excluding hydrogens is 517 g/mol. The first kappa shape index (κ1) is 26.2. The van der Waals surface area contributed by atoms with Crippen LogP contribution >= 0.6 is 23.2 Å². The van der Waals surface area contributed by atoms with Crippen molar-refractivity contribution in [3.05, 3.63) is 81.3 Å². The number of carbonyl (C=O) groups excluding carboxylic acids is 1. The second-order valence-corrected chi connectivity index (χ2v) is 11.8. The van der Waals surface area contributed by atoms with Gasteiger partial charge in [0.15, 0.2) is 9.84 Å². The van der Waals surface area contributed by atoms with Crippen LogP contribution in [0.4, 0.5) is 5.69 Å². The van der Waals surface area contributed by atoms with Crippen molar-refractivity contribution in [2.75, 3.05) is 24.2 Å². The Morgan fingerprint density at radius 1 is 1.06 bits per heavy atom. The Bertz CT molecular complexity index is 1420. The van der Waals surface area contributed by atoms with Crippen molar-refractivity contribution in [1.82, 2.24) is 4.90 Å². The molecule has 0 spiro atoms. The maximum atomic E-state index is 12.6. The highest BCUT2D eigenvalue weighted by atomic mass is 35.5. The summed E-state index contributed by atoms with van der Waals surface area (Å²) >= 11 is 13.1. The minimum atomic E-state index is -3.29. The minimum absolute atomic E-state index is 0.0188. The number of nitrogens with zero attached hydrogens (tertiary/aromatic N) is 2. The highest BCUT2D eigenvalue weighted by Crippen LogP contribution is 2.38. The molecule has 1 heterocycles. The van der Waals surface area contributed by atoms with Crippen molar-refractivity contribution in [1.29, 1.82) is 5.26 Å². The fourth-order valence-corrected chi connectivity index (χ4v) is 5.64. The zero-order valence-electron chi connectivity index (χ0n) is 19.7. The van der Waals surface area contributed by atoms with E-state index in [0.29, 0.717) is 32.4 Å². The molecular formula is C27H25Cl2N3O3S. The SMILES string of the molecule is CCS(=O)(=O)c1ccc(CC(=O)Nc2cc(Cl)c(-c3ccc(CN4CCC4)c(C#N)c3)c(Cl)c2)cc1. The number of sulfone groups is 1. The van der Waals surface area contributed by atoms with Crippen LogP contribution in [0.2, 0.25) is 10.0 Å². The average molecular weight is 542 g/mol. The average Bonchev–Trinajstić information content (AvgIpc) is 2.81. The molecule has 1 fully saturated rings. The lowest BCUT2D eigenvalue weighted by Crippen LogP contribution is -2.36. The normalized spacial score (nSPS) is 13.6. The Kier molecular flexibility index (Phi) is 8.01. The Labute approximate surface area is 221 Å². The summed E-state index contributed by atoms with van der Waals surface area (Å²) in [7, 11) is -3.29. The van der Waals surface area contributed by atoms with Gasteiger partial charge >= 0.3 is 0 Å². The number of halogens is 2. The van der Waals surface area contributed by atoms with Gasteiger partial charge in [0.25, 0.3) is 0 Å². The lowest BCUT2D eigenvalue weighted by atomic mass is 9.98. The Hall–Kier alpha value is -2.89. The standard InChI is InChI=1S/C27H25Cl2N3O3S/c1-2-36(34,35)23-8-4-18(5-9-23)12-26(33)31-22-14-24(28)27(25(29)15-22)19-6-7-20(21(13-19)16-30)17-32-10-3-11-32/h4-9,13-15H,2-3,10-12,17H2,1H3,(H,31,33). The van der Waals surface area contributed by atoms with E-state index in [9.17, 15) is 18.5 Å². The maximum absolute atomic E-state index is 12.6. The summed E-state index contributed by atoms with van der Waals surface area (Å²) in [4.78, 5) is 15.1. The van der Waals surface area contributed by atoms with Crippen molar-refractivity contribution in [2.45, 2.75) is 31.2 Å². The summed E-state index contributed by atoms with van der Waals surface area (Å²) in [6.45, 7) is 4.42. The topological polar surface area (TPSA) is 90.3 Å². The van der Waals surface area contributed by atoms with Crippen LogP contribution < -0.4 is 5.32 Å². The number of nitrogens with one attached hydrogen (secondary N) is 1. The van der Waals surface area contributed by atoms with Crippen LogP contribution in [0, 0.1) is 11.3 Å². The summed E-state index contributed by atoms with van der Waals surface area (Å²) in [5.41, 5.74) is 4.00. The predicted octanol–water partition coefficient (Wildman–Crippen LogP) is 5.71. The van der Waals surface area contributed by atoms with E-state index in [2.05, 4.69) is 16.3 Å². The van der Waals surface area contributed by atoms with Crippen LogP contribution in [0.3, 0.4) is 0 Å². The van der Waals surface area contributed by atoms with Crippen molar-refractivity contribution < 1.29 is 13.2 Å². The summed E-state index contributed by atoms with van der Waals surface area (Å²) in [5, 5.41) is 13.1. The number of rotatable bonds is 8. The third-order valence-corrected chi connectivity index (χ3v) is 8.56. The van der Waals surface area contributed by atoms with Gasteiger partial charge in [-0.3, -0.25) is 9.69 Å². The molecule has 3 aromatic rings. The third kappa shape index (κ3) is 5.91. The molecule has 1 N–H and O–H groups in total. The van der Waals surface area contributed by atoms with Crippen molar-refractivity contribution in [2.24, 2.45) is 0 Å². The Balaban J connectivity index is 1.48. The molecule has 36 heavy (non-hydrogen) atoms. The van der Waals surface area contributed by atoms with Crippen LogP contribution in [-0.2, 0) is 27.6 Å². The third-order valence-electron chi connectivity index (χ3n) is 6.21. The van der Waals surface area contributed by atoms with E-state index in [1.54, 1.807) is 37.3 Å². The molecule has 1 saturated heterocycles. The first-order valence-corrected chi connectivity index (χ1v) is 14.0. The molecule has 1 aliphatic rings. The second kappa shape index (κ2) is 11.0. The second-order valence-electron chi connectivity index (χ2n) is 8.70. The molecule has 6 nitrogen and oxygen atoms in total. The molecule has 0 unspecified atom stereocenters. The lowest BCUT2D eigenvalue weighted by molar-refractivity contribution is -0.115. The van der Waals surface area contributed by atoms with Crippen molar-refractivity contribution >= 4 is 44.6 Å². The summed E-state index contributed by atoms with van der Waals surface area (Å²) < 4.78 is 23.9. The van der Waals surface area contributed by atoms with Crippen LogP contribution in [0.15, 0.2) is 59.5 Å². The summed E-state index contributed by atoms with van der Waals surface area (Å²) in [6, 6.07) is 17.4. The number of amides is 1. The van der Waals surface area contributed by atoms with Gasteiger partial charge in [-0.2, -0.15) is 5.26 Å². The largest absolute Gasteiger partial charge is 0.326 e. The van der Waals surface area contributed by atoms with Gasteiger partial charge in [0.2, 0.25) is 5.91 Å². The van der Waals surface area contributed by atoms with E-state index < -0.39 is 9.84 Å². The zero-order valence-corrected chi connectivity index (χ0v) is 22.1. The molecule has 3 aromatic carbocycles. The number of likely N-dealkylation sites (tertiary alicyclic amines) is 1. The van der Waals surface area contributed by atoms with E-state index in [4.69, 9.17) is 23.2 Å². The smallest absolute Gasteiger partial charge is 0.228 e. The van der Waals surface area contributed by atoms with Gasteiger partial charge in [0, 0.05) is 17.8 Å². The monoisotopic (exact) mass is 541 g/mol. The van der Waals surface area contributed by atoms with Gasteiger partial charge in [0.1, 0.15) is 0 Å². The van der Waals surface area contributed by atoms with E-state index in [-0.39, 0.29) is 23.0 Å². The highest BCUT2D eigenvalue weighted by molar-refractivity contribution is 7.91. The number of carbonyl (C=O) groups is 1. The number of hydrogen-bond acceptors (Lipinski definition) is 5. The number of anilines is 1. The number of hydrogen-bond donors (Lipinski definition) is 1. The van der Waals surface area contributed by atoms with Gasteiger partial charge in [-0.05, 0) is 66.5 Å². The fourth-order valence-electron chi connectivity index (χ4n) is 4.05. The van der Waals surface area contributed by atoms with Gasteiger partial charge < -0.3 is 5.32 Å². The van der Waals surface area contributed by atoms with E-state index in [1.807, 2.05) is 12.1 Å². The van der Waals surface area contributed by atoms with Crippen LogP contribution in [0.5, 0.6) is 0 Å². The molecule has 1 amide bonds.